The molecule has 0 saturated heterocycles. The van der Waals surface area contributed by atoms with Gasteiger partial charge in [0.1, 0.15) is 4.60 Å². The summed E-state index contributed by atoms with van der Waals surface area (Å²) in [6.07, 6.45) is 1.40. The van der Waals surface area contributed by atoms with Crippen LogP contribution in [-0.4, -0.2) is 14.9 Å². The van der Waals surface area contributed by atoms with Crippen LogP contribution in [-0.2, 0) is 6.54 Å². The molecule has 1 heterocycles. The Morgan fingerprint density at radius 3 is 2.87 bits per heavy atom. The number of benzene rings is 1. The average Bonchev–Trinajstić information content (AvgIpc) is 2.50. The quantitative estimate of drug-likeness (QED) is 0.922. The molecule has 0 fully saturated rings. The molecule has 15 heavy (non-hydrogen) atoms. The van der Waals surface area contributed by atoms with Gasteiger partial charge in [0.25, 0.3) is 0 Å². The monoisotopic (exact) mass is 286 g/mol. The van der Waals surface area contributed by atoms with Crippen LogP contribution in [0.4, 0.5) is 0 Å². The lowest BCUT2D eigenvalue weighted by Gasteiger charge is -2.03. The van der Waals surface area contributed by atoms with Gasteiger partial charge >= 0.3 is 0 Å². The lowest BCUT2D eigenvalue weighted by molar-refractivity contribution is 0.469. The molecular weight excluding hydrogens is 279 g/mol. The molecule has 0 unspecified atom stereocenters. The van der Waals surface area contributed by atoms with E-state index < -0.39 is 0 Å². The molecule has 2 rings (SSSR count). The molecule has 0 bridgehead atoms. The number of halogens is 2. The Labute approximate surface area is 100 Å². The fourth-order valence-electron chi connectivity index (χ4n) is 1.28. The lowest BCUT2D eigenvalue weighted by atomic mass is 10.2. The zero-order valence-electron chi connectivity index (χ0n) is 7.69. The number of aromatic nitrogens is 2. The maximum Gasteiger partial charge on any atom is 0.168 e. The van der Waals surface area contributed by atoms with Crippen LogP contribution in [0.1, 0.15) is 5.56 Å². The molecule has 1 aromatic carbocycles. The third-order valence-electron chi connectivity index (χ3n) is 1.98. The van der Waals surface area contributed by atoms with Crippen LogP contribution < -0.4 is 0 Å². The van der Waals surface area contributed by atoms with Gasteiger partial charge in [-0.15, -0.1) is 0 Å². The Morgan fingerprint density at radius 1 is 1.47 bits per heavy atom. The number of aromatic hydroxyl groups is 1. The smallest absolute Gasteiger partial charge is 0.168 e. The normalized spacial score (nSPS) is 10.5. The van der Waals surface area contributed by atoms with Crippen molar-refractivity contribution in [2.45, 2.75) is 6.54 Å². The van der Waals surface area contributed by atoms with E-state index in [4.69, 9.17) is 11.6 Å². The summed E-state index contributed by atoms with van der Waals surface area (Å²) in [5.41, 5.74) is 1.03. The van der Waals surface area contributed by atoms with E-state index >= 15 is 0 Å². The highest BCUT2D eigenvalue weighted by molar-refractivity contribution is 9.10. The molecule has 1 aromatic heterocycles. The van der Waals surface area contributed by atoms with Crippen LogP contribution in [0.25, 0.3) is 0 Å². The van der Waals surface area contributed by atoms with Crippen molar-refractivity contribution < 1.29 is 5.11 Å². The minimum Gasteiger partial charge on any atom is -0.504 e. The molecule has 0 aliphatic heterocycles. The van der Waals surface area contributed by atoms with Gasteiger partial charge in [-0.25, -0.2) is 0 Å². The van der Waals surface area contributed by atoms with Crippen molar-refractivity contribution >= 4 is 27.5 Å². The van der Waals surface area contributed by atoms with Crippen molar-refractivity contribution in [1.82, 2.24) is 9.78 Å². The van der Waals surface area contributed by atoms with Crippen molar-refractivity contribution in [2.75, 3.05) is 0 Å². The van der Waals surface area contributed by atoms with Crippen LogP contribution >= 0.6 is 27.5 Å². The van der Waals surface area contributed by atoms with Crippen LogP contribution in [0.3, 0.4) is 0 Å². The Balaban J connectivity index is 2.26. The van der Waals surface area contributed by atoms with E-state index in [1.165, 1.54) is 6.20 Å². The van der Waals surface area contributed by atoms with Gasteiger partial charge in [-0.2, -0.15) is 5.10 Å². The van der Waals surface area contributed by atoms with Crippen molar-refractivity contribution in [1.29, 1.82) is 0 Å². The van der Waals surface area contributed by atoms with E-state index in [-0.39, 0.29) is 5.75 Å². The van der Waals surface area contributed by atoms with Gasteiger partial charge in [0.15, 0.2) is 5.75 Å². The van der Waals surface area contributed by atoms with E-state index in [1.807, 2.05) is 24.3 Å². The third kappa shape index (κ3) is 2.33. The second kappa shape index (κ2) is 4.24. The first-order valence-electron chi connectivity index (χ1n) is 4.31. The van der Waals surface area contributed by atoms with Crippen molar-refractivity contribution in [3.8, 4) is 5.75 Å². The number of hydrogen-bond donors (Lipinski definition) is 1. The van der Waals surface area contributed by atoms with Crippen LogP contribution in [0.2, 0.25) is 5.02 Å². The van der Waals surface area contributed by atoms with Gasteiger partial charge in [0.2, 0.25) is 0 Å². The lowest BCUT2D eigenvalue weighted by Crippen LogP contribution is -2.01. The number of rotatable bonds is 2. The standard InChI is InChI=1S/C10H8BrClN2O/c11-10-9(15)5-13-14(10)6-7-2-1-3-8(12)4-7/h1-5,15H,6H2. The van der Waals surface area contributed by atoms with Crippen LogP contribution in [0.5, 0.6) is 5.75 Å². The zero-order valence-corrected chi connectivity index (χ0v) is 10.0. The molecule has 78 valence electrons. The summed E-state index contributed by atoms with van der Waals surface area (Å²) in [4.78, 5) is 0. The molecule has 0 spiro atoms. The highest BCUT2D eigenvalue weighted by Crippen LogP contribution is 2.23. The average molecular weight is 288 g/mol. The fraction of sp³-hybridized carbons (Fsp3) is 0.100. The number of nitrogens with zero attached hydrogens (tertiary/aromatic N) is 2. The van der Waals surface area contributed by atoms with E-state index in [0.717, 1.165) is 5.56 Å². The SMILES string of the molecule is Oc1cnn(Cc2cccc(Cl)c2)c1Br. The maximum atomic E-state index is 9.32. The highest BCUT2D eigenvalue weighted by Gasteiger charge is 2.06. The molecule has 0 saturated carbocycles. The van der Waals surface area contributed by atoms with Crippen molar-refractivity contribution in [3.05, 3.63) is 45.7 Å². The molecular formula is C10H8BrClN2O. The predicted molar refractivity (Wildman–Crippen MR) is 62.1 cm³/mol. The molecule has 1 N–H and O–H groups in total. The molecule has 0 atom stereocenters. The van der Waals surface area contributed by atoms with Gasteiger partial charge in [0.05, 0.1) is 12.7 Å². The van der Waals surface area contributed by atoms with Crippen molar-refractivity contribution in [2.24, 2.45) is 0 Å². The van der Waals surface area contributed by atoms with Gasteiger partial charge in [-0.3, -0.25) is 4.68 Å². The van der Waals surface area contributed by atoms with Crippen molar-refractivity contribution in [3.63, 3.8) is 0 Å². The highest BCUT2D eigenvalue weighted by atomic mass is 79.9. The topological polar surface area (TPSA) is 38.1 Å². The second-order valence-corrected chi connectivity index (χ2v) is 4.30. The molecule has 0 aliphatic rings. The first-order valence-corrected chi connectivity index (χ1v) is 5.48. The van der Waals surface area contributed by atoms with Crippen LogP contribution in [0, 0.1) is 0 Å². The molecule has 0 aliphatic carbocycles. The molecule has 5 heteroatoms. The van der Waals surface area contributed by atoms with Crippen LogP contribution in [0.15, 0.2) is 35.1 Å². The predicted octanol–water partition coefficient (Wildman–Crippen LogP) is 3.05. The Bertz CT molecular complexity index is 484. The maximum absolute atomic E-state index is 9.32. The summed E-state index contributed by atoms with van der Waals surface area (Å²) in [5.74, 6) is 0.136. The minimum atomic E-state index is 0.136. The third-order valence-corrected chi connectivity index (χ3v) is 3.03. The summed E-state index contributed by atoms with van der Waals surface area (Å²) in [6, 6.07) is 7.53. The summed E-state index contributed by atoms with van der Waals surface area (Å²) < 4.78 is 2.23. The summed E-state index contributed by atoms with van der Waals surface area (Å²) in [6.45, 7) is 0.571. The first kappa shape index (κ1) is 10.5. The Hall–Kier alpha value is -1.000. The summed E-state index contributed by atoms with van der Waals surface area (Å²) in [5, 5.41) is 14.0. The summed E-state index contributed by atoms with van der Waals surface area (Å²) >= 11 is 9.11. The fourth-order valence-corrected chi connectivity index (χ4v) is 1.81. The van der Waals surface area contributed by atoms with E-state index in [9.17, 15) is 5.11 Å². The van der Waals surface area contributed by atoms with E-state index in [2.05, 4.69) is 21.0 Å². The zero-order chi connectivity index (χ0) is 10.8. The van der Waals surface area contributed by atoms with E-state index in [1.54, 1.807) is 4.68 Å². The van der Waals surface area contributed by atoms with Gasteiger partial charge in [-0.05, 0) is 33.6 Å². The Kier molecular flexibility index (Phi) is 2.98. The second-order valence-electron chi connectivity index (χ2n) is 3.11. The van der Waals surface area contributed by atoms with Gasteiger partial charge < -0.3 is 5.11 Å². The Morgan fingerprint density at radius 2 is 2.27 bits per heavy atom. The molecule has 0 amide bonds. The van der Waals surface area contributed by atoms with Gasteiger partial charge in [-0.1, -0.05) is 23.7 Å². The molecule has 0 radical (unpaired) electrons. The molecule has 2 aromatic rings. The molecule has 3 nitrogen and oxygen atoms in total. The summed E-state index contributed by atoms with van der Waals surface area (Å²) in [7, 11) is 0. The number of hydrogen-bond acceptors (Lipinski definition) is 2. The first-order chi connectivity index (χ1) is 7.16. The largest absolute Gasteiger partial charge is 0.504 e. The van der Waals surface area contributed by atoms with E-state index in [0.29, 0.717) is 16.2 Å². The minimum absolute atomic E-state index is 0.136. The van der Waals surface area contributed by atoms with Gasteiger partial charge in [0, 0.05) is 5.02 Å².